The van der Waals surface area contributed by atoms with E-state index in [1.165, 1.54) is 16.5 Å². The summed E-state index contributed by atoms with van der Waals surface area (Å²) in [6.45, 7) is 7.13. The second-order valence-corrected chi connectivity index (χ2v) is 6.69. The van der Waals surface area contributed by atoms with Gasteiger partial charge in [-0.25, -0.2) is 0 Å². The SMILES string of the molecule is CCNC(=NCCc1c[nH]c2ccccc12)NC1CCN(C(=O)CC)C1.I. The van der Waals surface area contributed by atoms with Crippen LogP contribution in [0.3, 0.4) is 0 Å². The Kier molecular flexibility index (Phi) is 8.40. The monoisotopic (exact) mass is 483 g/mol. The van der Waals surface area contributed by atoms with Crippen LogP contribution in [0.25, 0.3) is 10.9 Å². The molecule has 27 heavy (non-hydrogen) atoms. The molecule has 0 radical (unpaired) electrons. The first-order valence-electron chi connectivity index (χ1n) is 9.58. The summed E-state index contributed by atoms with van der Waals surface area (Å²) in [4.78, 5) is 21.8. The summed E-state index contributed by atoms with van der Waals surface area (Å²) in [5.41, 5.74) is 2.46. The van der Waals surface area contributed by atoms with Gasteiger partial charge in [-0.3, -0.25) is 9.79 Å². The van der Waals surface area contributed by atoms with Gasteiger partial charge in [0, 0.05) is 55.7 Å². The van der Waals surface area contributed by atoms with Gasteiger partial charge in [0.05, 0.1) is 0 Å². The van der Waals surface area contributed by atoms with Crippen molar-refractivity contribution >= 4 is 46.7 Å². The summed E-state index contributed by atoms with van der Waals surface area (Å²) in [6, 6.07) is 8.63. The molecule has 1 aromatic carbocycles. The number of para-hydroxylation sites is 1. The van der Waals surface area contributed by atoms with Crippen molar-refractivity contribution < 1.29 is 4.79 Å². The fourth-order valence-corrected chi connectivity index (χ4v) is 3.47. The number of fused-ring (bicyclic) bond motifs is 1. The lowest BCUT2D eigenvalue weighted by molar-refractivity contribution is -0.129. The molecule has 1 unspecified atom stereocenters. The number of nitrogens with one attached hydrogen (secondary N) is 3. The van der Waals surface area contributed by atoms with Crippen LogP contribution in [0.1, 0.15) is 32.3 Å². The van der Waals surface area contributed by atoms with Crippen LogP contribution in [0.2, 0.25) is 0 Å². The van der Waals surface area contributed by atoms with Gasteiger partial charge in [0.25, 0.3) is 0 Å². The summed E-state index contributed by atoms with van der Waals surface area (Å²) in [6.07, 6.45) is 4.52. The number of nitrogens with zero attached hydrogens (tertiary/aromatic N) is 2. The Labute approximate surface area is 178 Å². The van der Waals surface area contributed by atoms with Gasteiger partial charge in [0.1, 0.15) is 0 Å². The second-order valence-electron chi connectivity index (χ2n) is 6.69. The topological polar surface area (TPSA) is 72.5 Å². The Hall–Kier alpha value is -1.77. The first kappa shape index (κ1) is 21.5. The highest BCUT2D eigenvalue weighted by molar-refractivity contribution is 14.0. The molecule has 1 fully saturated rings. The number of H-pyrrole nitrogens is 1. The number of aromatic nitrogens is 1. The van der Waals surface area contributed by atoms with E-state index in [4.69, 9.17) is 4.99 Å². The molecule has 1 aliphatic rings. The average molecular weight is 483 g/mol. The van der Waals surface area contributed by atoms with Crippen LogP contribution in [0, 0.1) is 0 Å². The molecule has 0 spiro atoms. The lowest BCUT2D eigenvalue weighted by Crippen LogP contribution is -2.45. The minimum atomic E-state index is 0. The molecule has 1 amide bonds. The highest BCUT2D eigenvalue weighted by atomic mass is 127. The van der Waals surface area contributed by atoms with E-state index in [9.17, 15) is 4.79 Å². The maximum atomic E-state index is 11.8. The Bertz CT molecular complexity index is 773. The average Bonchev–Trinajstić information content (AvgIpc) is 3.29. The Morgan fingerprint density at radius 1 is 1.33 bits per heavy atom. The number of halogens is 1. The second kappa shape index (κ2) is 10.5. The minimum Gasteiger partial charge on any atom is -0.361 e. The summed E-state index contributed by atoms with van der Waals surface area (Å²) in [5, 5.41) is 8.06. The highest BCUT2D eigenvalue weighted by Gasteiger charge is 2.25. The number of hydrogen-bond donors (Lipinski definition) is 3. The number of carbonyl (C=O) groups excluding carboxylic acids is 1. The lowest BCUT2D eigenvalue weighted by Gasteiger charge is -2.18. The van der Waals surface area contributed by atoms with E-state index in [1.54, 1.807) is 0 Å². The fraction of sp³-hybridized carbons (Fsp3) is 0.500. The number of guanidine groups is 1. The number of rotatable bonds is 6. The number of aliphatic imine (C=N–C) groups is 1. The van der Waals surface area contributed by atoms with Crippen LogP contribution in [-0.4, -0.2) is 54.0 Å². The summed E-state index contributed by atoms with van der Waals surface area (Å²) < 4.78 is 0. The number of likely N-dealkylation sites (tertiary alicyclic amines) is 1. The predicted molar refractivity (Wildman–Crippen MR) is 122 cm³/mol. The molecule has 6 nitrogen and oxygen atoms in total. The molecule has 0 saturated carbocycles. The Balaban J connectivity index is 0.00000261. The molecule has 148 valence electrons. The maximum Gasteiger partial charge on any atom is 0.222 e. The van der Waals surface area contributed by atoms with Crippen molar-refractivity contribution in [1.82, 2.24) is 20.5 Å². The molecule has 0 aliphatic carbocycles. The number of amides is 1. The van der Waals surface area contributed by atoms with Crippen molar-refractivity contribution in [3.8, 4) is 0 Å². The molecular weight excluding hydrogens is 453 g/mol. The molecule has 3 N–H and O–H groups in total. The highest BCUT2D eigenvalue weighted by Crippen LogP contribution is 2.18. The third kappa shape index (κ3) is 5.60. The van der Waals surface area contributed by atoms with Crippen LogP contribution in [0.5, 0.6) is 0 Å². The Morgan fingerprint density at radius 3 is 2.93 bits per heavy atom. The summed E-state index contributed by atoms with van der Waals surface area (Å²) >= 11 is 0. The van der Waals surface area contributed by atoms with Gasteiger partial charge in [-0.15, -0.1) is 24.0 Å². The van der Waals surface area contributed by atoms with E-state index in [0.29, 0.717) is 6.42 Å². The molecule has 1 atom stereocenters. The third-order valence-corrected chi connectivity index (χ3v) is 4.85. The van der Waals surface area contributed by atoms with Gasteiger partial charge in [0.15, 0.2) is 5.96 Å². The molecule has 1 aromatic heterocycles. The maximum absolute atomic E-state index is 11.8. The number of benzene rings is 1. The molecule has 3 rings (SSSR count). The lowest BCUT2D eigenvalue weighted by atomic mass is 10.1. The summed E-state index contributed by atoms with van der Waals surface area (Å²) in [7, 11) is 0. The first-order chi connectivity index (χ1) is 12.7. The van der Waals surface area contributed by atoms with Crippen molar-refractivity contribution in [2.75, 3.05) is 26.2 Å². The van der Waals surface area contributed by atoms with Crippen LogP contribution in [0.4, 0.5) is 0 Å². The molecule has 2 aromatic rings. The number of hydrogen-bond acceptors (Lipinski definition) is 2. The smallest absolute Gasteiger partial charge is 0.222 e. The van der Waals surface area contributed by atoms with E-state index < -0.39 is 0 Å². The van der Waals surface area contributed by atoms with Gasteiger partial charge in [-0.05, 0) is 31.4 Å². The molecular formula is C20H30IN5O. The van der Waals surface area contributed by atoms with Gasteiger partial charge < -0.3 is 20.5 Å². The zero-order valence-corrected chi connectivity index (χ0v) is 18.5. The molecule has 1 aliphatic heterocycles. The molecule has 7 heteroatoms. The van der Waals surface area contributed by atoms with Crippen LogP contribution in [0.15, 0.2) is 35.5 Å². The minimum absolute atomic E-state index is 0. The summed E-state index contributed by atoms with van der Waals surface area (Å²) in [5.74, 6) is 1.07. The van der Waals surface area contributed by atoms with E-state index in [-0.39, 0.29) is 35.9 Å². The normalized spacial score (nSPS) is 17.0. The fourth-order valence-electron chi connectivity index (χ4n) is 3.47. The van der Waals surface area contributed by atoms with E-state index in [1.807, 2.05) is 17.9 Å². The first-order valence-corrected chi connectivity index (χ1v) is 9.58. The standard InChI is InChI=1S/C20H29N5O.HI/c1-3-19(26)25-12-10-16(14-25)24-20(21-4-2)22-11-9-15-13-23-18-8-6-5-7-17(15)18;/h5-8,13,16,23H,3-4,9-12,14H2,1-2H3,(H2,21,22,24);1H. The van der Waals surface area contributed by atoms with Crippen molar-refractivity contribution in [1.29, 1.82) is 0 Å². The van der Waals surface area contributed by atoms with Gasteiger partial charge in [0.2, 0.25) is 5.91 Å². The third-order valence-electron chi connectivity index (χ3n) is 4.85. The van der Waals surface area contributed by atoms with E-state index in [2.05, 4.69) is 46.9 Å². The van der Waals surface area contributed by atoms with Gasteiger partial charge in [-0.1, -0.05) is 25.1 Å². The van der Waals surface area contributed by atoms with E-state index in [0.717, 1.165) is 45.0 Å². The van der Waals surface area contributed by atoms with Crippen LogP contribution < -0.4 is 10.6 Å². The van der Waals surface area contributed by atoms with Crippen molar-refractivity contribution in [2.45, 2.75) is 39.2 Å². The number of aromatic amines is 1. The molecule has 0 bridgehead atoms. The van der Waals surface area contributed by atoms with Gasteiger partial charge >= 0.3 is 0 Å². The van der Waals surface area contributed by atoms with E-state index >= 15 is 0 Å². The molecule has 2 heterocycles. The Morgan fingerprint density at radius 2 is 2.15 bits per heavy atom. The molecule has 1 saturated heterocycles. The zero-order valence-electron chi connectivity index (χ0n) is 16.1. The number of carbonyl (C=O) groups is 1. The van der Waals surface area contributed by atoms with Crippen LogP contribution >= 0.6 is 24.0 Å². The van der Waals surface area contributed by atoms with Crippen molar-refractivity contribution in [3.05, 3.63) is 36.0 Å². The largest absolute Gasteiger partial charge is 0.361 e. The van der Waals surface area contributed by atoms with Crippen LogP contribution in [-0.2, 0) is 11.2 Å². The predicted octanol–water partition coefficient (Wildman–Crippen LogP) is 2.89. The zero-order chi connectivity index (χ0) is 18.4. The van der Waals surface area contributed by atoms with Crippen molar-refractivity contribution in [2.24, 2.45) is 4.99 Å². The van der Waals surface area contributed by atoms with Crippen molar-refractivity contribution in [3.63, 3.8) is 0 Å². The van der Waals surface area contributed by atoms with Gasteiger partial charge in [-0.2, -0.15) is 0 Å². The quantitative estimate of drug-likeness (QED) is 0.336.